The molecule has 0 N–H and O–H groups in total. The van der Waals surface area contributed by atoms with Gasteiger partial charge in [-0.25, -0.2) is 9.59 Å². The van der Waals surface area contributed by atoms with E-state index in [2.05, 4.69) is 9.89 Å². The topological polar surface area (TPSA) is 74.2 Å². The zero-order valence-electron chi connectivity index (χ0n) is 11.5. The van der Waals surface area contributed by atoms with Crippen molar-refractivity contribution in [2.24, 2.45) is 5.16 Å². The molecule has 1 aliphatic rings. The Kier molecular flexibility index (Phi) is 6.92. The van der Waals surface area contributed by atoms with Crippen molar-refractivity contribution in [2.75, 3.05) is 13.2 Å². The largest absolute Gasteiger partial charge is 0.460 e. The number of ether oxygens (including phenoxy) is 2. The molecular formula is C13H21NO5. The lowest BCUT2D eigenvalue weighted by Gasteiger charge is -2.11. The molecule has 1 saturated carbocycles. The quantitative estimate of drug-likeness (QED) is 0.544. The van der Waals surface area contributed by atoms with Crippen molar-refractivity contribution in [1.82, 2.24) is 0 Å². The third-order valence-corrected chi connectivity index (χ3v) is 2.52. The number of nitrogens with zero attached hydrogens (tertiary/aromatic N) is 1. The molecule has 0 radical (unpaired) electrons. The van der Waals surface area contributed by atoms with E-state index in [1.54, 1.807) is 13.8 Å². The van der Waals surface area contributed by atoms with Crippen LogP contribution in [0.2, 0.25) is 0 Å². The molecule has 0 aromatic heterocycles. The number of carbonyl (C=O) groups is 2. The summed E-state index contributed by atoms with van der Waals surface area (Å²) in [6.07, 6.45) is 5.09. The van der Waals surface area contributed by atoms with Crippen molar-refractivity contribution in [1.29, 1.82) is 0 Å². The van der Waals surface area contributed by atoms with Crippen molar-refractivity contribution in [3.8, 4) is 0 Å². The SMILES string of the molecule is CC(C)OC(=O)COC(=O)CON=C1CCCCC1. The fourth-order valence-electron chi connectivity index (χ4n) is 1.71. The smallest absolute Gasteiger partial charge is 0.347 e. The Morgan fingerprint density at radius 1 is 1.11 bits per heavy atom. The number of hydrogen-bond donors (Lipinski definition) is 0. The minimum absolute atomic E-state index is 0.222. The first-order valence-corrected chi connectivity index (χ1v) is 6.60. The van der Waals surface area contributed by atoms with Crippen LogP contribution in [0.3, 0.4) is 0 Å². The molecule has 0 aromatic rings. The van der Waals surface area contributed by atoms with Gasteiger partial charge in [0.25, 0.3) is 0 Å². The van der Waals surface area contributed by atoms with Crippen molar-refractivity contribution < 1.29 is 23.9 Å². The molecule has 0 amide bonds. The van der Waals surface area contributed by atoms with Gasteiger partial charge < -0.3 is 14.3 Å². The first-order chi connectivity index (χ1) is 9.08. The average molecular weight is 271 g/mol. The third-order valence-electron chi connectivity index (χ3n) is 2.52. The van der Waals surface area contributed by atoms with Gasteiger partial charge in [-0.2, -0.15) is 0 Å². The van der Waals surface area contributed by atoms with Gasteiger partial charge in [0.05, 0.1) is 11.8 Å². The molecule has 0 heterocycles. The van der Waals surface area contributed by atoms with Gasteiger partial charge in [-0.15, -0.1) is 0 Å². The van der Waals surface area contributed by atoms with E-state index in [9.17, 15) is 9.59 Å². The Morgan fingerprint density at radius 3 is 2.42 bits per heavy atom. The normalized spacial score (nSPS) is 15.0. The van der Waals surface area contributed by atoms with Crippen LogP contribution in [-0.2, 0) is 23.9 Å². The average Bonchev–Trinajstić information content (AvgIpc) is 2.37. The standard InChI is InChI=1S/C13H21NO5/c1-10(2)19-13(16)8-17-12(15)9-18-14-11-6-4-3-5-7-11/h10H,3-9H2,1-2H3. The first kappa shape index (κ1) is 15.5. The van der Waals surface area contributed by atoms with Crippen molar-refractivity contribution in [3.63, 3.8) is 0 Å². The van der Waals surface area contributed by atoms with E-state index in [4.69, 9.17) is 9.57 Å². The van der Waals surface area contributed by atoms with Gasteiger partial charge >= 0.3 is 11.9 Å². The molecule has 1 fully saturated rings. The third kappa shape index (κ3) is 7.43. The molecule has 0 atom stereocenters. The lowest BCUT2D eigenvalue weighted by atomic mass is 9.99. The molecule has 0 aliphatic heterocycles. The van der Waals surface area contributed by atoms with E-state index in [1.165, 1.54) is 6.42 Å². The minimum Gasteiger partial charge on any atom is -0.460 e. The zero-order valence-corrected chi connectivity index (χ0v) is 11.5. The lowest BCUT2D eigenvalue weighted by molar-refractivity contribution is -0.163. The molecule has 6 heteroatoms. The molecular weight excluding hydrogens is 250 g/mol. The zero-order chi connectivity index (χ0) is 14.1. The molecule has 108 valence electrons. The Morgan fingerprint density at radius 2 is 1.79 bits per heavy atom. The van der Waals surface area contributed by atoms with E-state index in [0.29, 0.717) is 0 Å². The number of hydrogen-bond acceptors (Lipinski definition) is 6. The molecule has 0 saturated heterocycles. The van der Waals surface area contributed by atoms with E-state index in [0.717, 1.165) is 31.4 Å². The van der Waals surface area contributed by atoms with E-state index >= 15 is 0 Å². The van der Waals surface area contributed by atoms with Crippen molar-refractivity contribution in [2.45, 2.75) is 52.1 Å². The summed E-state index contributed by atoms with van der Waals surface area (Å²) in [6.45, 7) is 2.78. The number of oxime groups is 1. The van der Waals surface area contributed by atoms with Crippen molar-refractivity contribution in [3.05, 3.63) is 0 Å². The molecule has 0 unspecified atom stereocenters. The molecule has 0 spiro atoms. The highest BCUT2D eigenvalue weighted by atomic mass is 16.7. The summed E-state index contributed by atoms with van der Waals surface area (Å²) in [7, 11) is 0. The molecule has 1 aliphatic carbocycles. The van der Waals surface area contributed by atoms with Gasteiger partial charge in [0.15, 0.2) is 6.61 Å². The summed E-state index contributed by atoms with van der Waals surface area (Å²) in [4.78, 5) is 27.3. The highest BCUT2D eigenvalue weighted by molar-refractivity contribution is 5.84. The fourth-order valence-corrected chi connectivity index (χ4v) is 1.71. The van der Waals surface area contributed by atoms with Crippen LogP contribution in [0.4, 0.5) is 0 Å². The summed E-state index contributed by atoms with van der Waals surface area (Å²) in [5.74, 6) is -1.19. The van der Waals surface area contributed by atoms with Crippen LogP contribution in [-0.4, -0.2) is 37.0 Å². The van der Waals surface area contributed by atoms with E-state index < -0.39 is 18.5 Å². The molecule has 1 rings (SSSR count). The summed E-state index contributed by atoms with van der Waals surface area (Å²) in [5.41, 5.74) is 0.985. The van der Waals surface area contributed by atoms with Crippen LogP contribution in [0.5, 0.6) is 0 Å². The molecule has 0 aromatic carbocycles. The van der Waals surface area contributed by atoms with Gasteiger partial charge in [0.1, 0.15) is 0 Å². The van der Waals surface area contributed by atoms with Crippen LogP contribution in [0, 0.1) is 0 Å². The second-order valence-corrected chi connectivity index (χ2v) is 4.69. The second kappa shape index (κ2) is 8.50. The van der Waals surface area contributed by atoms with Crippen LogP contribution in [0.1, 0.15) is 46.0 Å². The summed E-state index contributed by atoms with van der Waals surface area (Å²) in [5, 5.41) is 3.90. The Balaban J connectivity index is 2.12. The van der Waals surface area contributed by atoms with Gasteiger partial charge in [-0.1, -0.05) is 11.6 Å². The Labute approximate surface area is 113 Å². The maximum absolute atomic E-state index is 11.3. The summed E-state index contributed by atoms with van der Waals surface area (Å²) >= 11 is 0. The van der Waals surface area contributed by atoms with E-state index in [-0.39, 0.29) is 12.7 Å². The molecule has 0 bridgehead atoms. The lowest BCUT2D eigenvalue weighted by Crippen LogP contribution is -2.21. The van der Waals surface area contributed by atoms with Gasteiger partial charge in [-0.05, 0) is 39.5 Å². The molecule has 19 heavy (non-hydrogen) atoms. The predicted molar refractivity (Wildman–Crippen MR) is 68.7 cm³/mol. The van der Waals surface area contributed by atoms with Crippen LogP contribution < -0.4 is 0 Å². The van der Waals surface area contributed by atoms with Gasteiger partial charge in [-0.3, -0.25) is 0 Å². The maximum atomic E-state index is 11.3. The summed E-state index contributed by atoms with van der Waals surface area (Å²) < 4.78 is 9.50. The monoisotopic (exact) mass is 271 g/mol. The highest BCUT2D eigenvalue weighted by Gasteiger charge is 2.11. The second-order valence-electron chi connectivity index (χ2n) is 4.69. The Hall–Kier alpha value is -1.59. The van der Waals surface area contributed by atoms with Crippen LogP contribution in [0.15, 0.2) is 5.16 Å². The summed E-state index contributed by atoms with van der Waals surface area (Å²) in [6, 6.07) is 0. The minimum atomic E-state index is -0.624. The number of esters is 2. The number of carbonyl (C=O) groups excluding carboxylic acids is 2. The van der Waals surface area contributed by atoms with Gasteiger partial charge in [0.2, 0.25) is 6.61 Å². The van der Waals surface area contributed by atoms with Crippen molar-refractivity contribution >= 4 is 17.7 Å². The first-order valence-electron chi connectivity index (χ1n) is 6.60. The van der Waals surface area contributed by atoms with Gasteiger partial charge in [0, 0.05) is 0 Å². The van der Waals surface area contributed by atoms with Crippen LogP contribution >= 0.6 is 0 Å². The maximum Gasteiger partial charge on any atom is 0.347 e. The van der Waals surface area contributed by atoms with E-state index in [1.807, 2.05) is 0 Å². The highest BCUT2D eigenvalue weighted by Crippen LogP contribution is 2.14. The predicted octanol–water partition coefficient (Wildman–Crippen LogP) is 1.82. The van der Waals surface area contributed by atoms with Crippen LogP contribution in [0.25, 0.3) is 0 Å². The Bertz CT molecular complexity index is 330. The molecule has 6 nitrogen and oxygen atoms in total. The fraction of sp³-hybridized carbons (Fsp3) is 0.769. The number of rotatable bonds is 6.